The van der Waals surface area contributed by atoms with Crippen LogP contribution in [0.2, 0.25) is 5.02 Å². The van der Waals surface area contributed by atoms with Crippen molar-refractivity contribution in [1.29, 1.82) is 5.26 Å². The summed E-state index contributed by atoms with van der Waals surface area (Å²) in [4.78, 5) is 19.7. The highest BCUT2D eigenvalue weighted by Crippen LogP contribution is 2.45. The van der Waals surface area contributed by atoms with E-state index in [1.807, 2.05) is 24.3 Å². The van der Waals surface area contributed by atoms with Crippen LogP contribution in [0, 0.1) is 23.2 Å². The quantitative estimate of drug-likeness (QED) is 0.663. The molecule has 0 radical (unpaired) electrons. The number of aliphatic hydroxyl groups excluding tert-OH is 1. The van der Waals surface area contributed by atoms with Gasteiger partial charge in [-0.1, -0.05) is 24.4 Å². The molecule has 1 aromatic heterocycles. The van der Waals surface area contributed by atoms with Gasteiger partial charge in [-0.05, 0) is 74.8 Å². The highest BCUT2D eigenvalue weighted by Gasteiger charge is 2.46. The third-order valence-electron chi connectivity index (χ3n) is 8.39. The van der Waals surface area contributed by atoms with E-state index in [9.17, 15) is 15.2 Å². The predicted octanol–water partition coefficient (Wildman–Crippen LogP) is 4.55. The van der Waals surface area contributed by atoms with Crippen LogP contribution in [0.15, 0.2) is 35.4 Å². The topological polar surface area (TPSA) is 92.8 Å². The first kappa shape index (κ1) is 23.4. The van der Waals surface area contributed by atoms with Crippen molar-refractivity contribution in [3.05, 3.63) is 57.9 Å². The molecular weight excluding hydrogens is 474 g/mol. The lowest BCUT2D eigenvalue weighted by Crippen LogP contribution is -2.41. The van der Waals surface area contributed by atoms with Crippen molar-refractivity contribution in [2.75, 3.05) is 18.1 Å². The number of aliphatic hydroxyl groups is 1. The molecule has 3 heterocycles. The minimum absolute atomic E-state index is 0.0575. The van der Waals surface area contributed by atoms with Gasteiger partial charge in [-0.25, -0.2) is 4.98 Å². The number of aryl methyl sites for hydroxylation is 1. The Balaban J connectivity index is 1.33. The number of amides is 1. The van der Waals surface area contributed by atoms with E-state index in [-0.39, 0.29) is 18.1 Å². The van der Waals surface area contributed by atoms with Gasteiger partial charge in [0.15, 0.2) is 0 Å². The van der Waals surface area contributed by atoms with E-state index in [2.05, 4.69) is 11.1 Å². The zero-order chi connectivity index (χ0) is 24.8. The molecule has 1 saturated heterocycles. The molecule has 0 bridgehead atoms. The molecular formula is C28H30ClN5O2. The third kappa shape index (κ3) is 4.07. The number of hydrogen-bond donors (Lipinski definition) is 1. The van der Waals surface area contributed by atoms with Gasteiger partial charge in [0.2, 0.25) is 0 Å². The van der Waals surface area contributed by atoms with E-state index in [1.165, 1.54) is 25.7 Å². The molecule has 2 atom stereocenters. The van der Waals surface area contributed by atoms with Crippen LogP contribution in [-0.4, -0.2) is 51.8 Å². The molecule has 36 heavy (non-hydrogen) atoms. The van der Waals surface area contributed by atoms with Crippen molar-refractivity contribution in [1.82, 2.24) is 9.88 Å². The molecule has 1 N–H and O–H groups in total. The number of fused-ring (bicyclic) bond motifs is 3. The standard InChI is InChI=1S/C28H30ClN5O2/c29-23-15-19(6-5-18(23)16-30)34-27(17-3-1-2-4-17)22-8-9-24-21(26(22)32-34)7-10-25(31-24)28(36)33-13-11-20(35)12-14-33/h5-7,10,15,17,20,22,27,35H,1-4,8-9,11-14H2/t22-,27-/m1/s1. The van der Waals surface area contributed by atoms with Gasteiger partial charge in [-0.2, -0.15) is 10.4 Å². The summed E-state index contributed by atoms with van der Waals surface area (Å²) in [7, 11) is 0. The number of hydrazone groups is 1. The molecule has 1 amide bonds. The smallest absolute Gasteiger partial charge is 0.272 e. The number of nitrogens with zero attached hydrogens (tertiary/aromatic N) is 5. The summed E-state index contributed by atoms with van der Waals surface area (Å²) < 4.78 is 0. The van der Waals surface area contributed by atoms with Gasteiger partial charge in [-0.15, -0.1) is 0 Å². The minimum atomic E-state index is -0.315. The van der Waals surface area contributed by atoms with Gasteiger partial charge >= 0.3 is 0 Å². The second-order valence-corrected chi connectivity index (χ2v) is 10.9. The Morgan fingerprint density at radius 3 is 2.58 bits per heavy atom. The van der Waals surface area contributed by atoms with Gasteiger partial charge in [0.05, 0.1) is 39.8 Å². The number of rotatable bonds is 3. The molecule has 2 aromatic rings. The van der Waals surface area contributed by atoms with E-state index in [4.69, 9.17) is 21.7 Å². The number of pyridine rings is 1. The molecule has 1 aromatic carbocycles. The average Bonchev–Trinajstić information content (AvgIpc) is 3.56. The molecule has 7 nitrogen and oxygen atoms in total. The van der Waals surface area contributed by atoms with Gasteiger partial charge in [-0.3, -0.25) is 9.80 Å². The van der Waals surface area contributed by atoms with Gasteiger partial charge in [0, 0.05) is 24.6 Å². The number of hydrogen-bond acceptors (Lipinski definition) is 6. The van der Waals surface area contributed by atoms with Crippen LogP contribution in [0.3, 0.4) is 0 Å². The lowest BCUT2D eigenvalue weighted by Gasteiger charge is -2.34. The van der Waals surface area contributed by atoms with Crippen molar-refractivity contribution in [3.63, 3.8) is 0 Å². The number of carbonyl (C=O) groups excluding carboxylic acids is 1. The summed E-state index contributed by atoms with van der Waals surface area (Å²) in [5, 5.41) is 26.9. The number of piperidine rings is 1. The van der Waals surface area contributed by atoms with Crippen molar-refractivity contribution >= 4 is 28.9 Å². The first-order valence-electron chi connectivity index (χ1n) is 13.1. The summed E-state index contributed by atoms with van der Waals surface area (Å²) in [6.07, 6.45) is 7.61. The summed E-state index contributed by atoms with van der Waals surface area (Å²) in [5.74, 6) is 0.815. The molecule has 4 aliphatic rings. The SMILES string of the molecule is N#Cc1ccc(N2N=C3c4ccc(C(=O)N5CCC(O)CC5)nc4CC[C@H]3[C@H]2C2CCCC2)cc1Cl. The molecule has 0 spiro atoms. The predicted molar refractivity (Wildman–Crippen MR) is 138 cm³/mol. The molecule has 186 valence electrons. The minimum Gasteiger partial charge on any atom is -0.393 e. The van der Waals surface area contributed by atoms with Crippen molar-refractivity contribution < 1.29 is 9.90 Å². The van der Waals surface area contributed by atoms with E-state index in [0.29, 0.717) is 54.0 Å². The van der Waals surface area contributed by atoms with Crippen molar-refractivity contribution in [2.45, 2.75) is 63.5 Å². The lowest BCUT2D eigenvalue weighted by atomic mass is 9.76. The molecule has 2 aliphatic carbocycles. The number of anilines is 1. The Bertz CT molecular complexity index is 1260. The third-order valence-corrected chi connectivity index (χ3v) is 8.71. The first-order chi connectivity index (χ1) is 17.5. The average molecular weight is 504 g/mol. The summed E-state index contributed by atoms with van der Waals surface area (Å²) >= 11 is 6.41. The summed E-state index contributed by atoms with van der Waals surface area (Å²) in [6.45, 7) is 1.14. The zero-order valence-corrected chi connectivity index (χ0v) is 21.0. The number of benzene rings is 1. The van der Waals surface area contributed by atoms with Crippen LogP contribution in [-0.2, 0) is 6.42 Å². The lowest BCUT2D eigenvalue weighted by molar-refractivity contribution is 0.0541. The number of nitriles is 1. The molecule has 0 unspecified atom stereocenters. The highest BCUT2D eigenvalue weighted by atomic mass is 35.5. The van der Waals surface area contributed by atoms with Crippen LogP contribution in [0.25, 0.3) is 0 Å². The Kier molecular flexibility index (Phi) is 6.18. The van der Waals surface area contributed by atoms with Crippen LogP contribution >= 0.6 is 11.6 Å². The zero-order valence-electron chi connectivity index (χ0n) is 20.2. The van der Waals surface area contributed by atoms with Crippen LogP contribution in [0.4, 0.5) is 5.69 Å². The van der Waals surface area contributed by atoms with Gasteiger partial charge < -0.3 is 10.0 Å². The molecule has 2 aliphatic heterocycles. The maximum atomic E-state index is 13.1. The monoisotopic (exact) mass is 503 g/mol. The van der Waals surface area contributed by atoms with E-state index in [1.54, 1.807) is 11.0 Å². The number of carbonyl (C=O) groups is 1. The maximum Gasteiger partial charge on any atom is 0.272 e. The van der Waals surface area contributed by atoms with Gasteiger partial charge in [0.25, 0.3) is 5.91 Å². The largest absolute Gasteiger partial charge is 0.393 e. The molecule has 8 heteroatoms. The van der Waals surface area contributed by atoms with Crippen LogP contribution < -0.4 is 5.01 Å². The summed E-state index contributed by atoms with van der Waals surface area (Å²) in [5.41, 5.74) is 4.91. The Hall–Kier alpha value is -2.95. The number of likely N-dealkylation sites (tertiary alicyclic amines) is 1. The molecule has 1 saturated carbocycles. The van der Waals surface area contributed by atoms with E-state index in [0.717, 1.165) is 35.5 Å². The fraction of sp³-hybridized carbons (Fsp3) is 0.500. The maximum absolute atomic E-state index is 13.1. The van der Waals surface area contributed by atoms with Crippen LogP contribution in [0.5, 0.6) is 0 Å². The number of aromatic nitrogens is 1. The van der Waals surface area contributed by atoms with Crippen molar-refractivity contribution in [3.8, 4) is 6.07 Å². The molecule has 6 rings (SSSR count). The Morgan fingerprint density at radius 1 is 1.08 bits per heavy atom. The van der Waals surface area contributed by atoms with Crippen LogP contribution in [0.1, 0.15) is 72.3 Å². The Labute approximate surface area is 216 Å². The van der Waals surface area contributed by atoms with E-state index >= 15 is 0 Å². The van der Waals surface area contributed by atoms with Crippen molar-refractivity contribution in [2.24, 2.45) is 16.9 Å². The highest BCUT2D eigenvalue weighted by molar-refractivity contribution is 6.32. The normalized spacial score (nSPS) is 24.3. The summed E-state index contributed by atoms with van der Waals surface area (Å²) in [6, 6.07) is 11.9. The fourth-order valence-corrected chi connectivity index (χ4v) is 6.73. The Morgan fingerprint density at radius 2 is 1.86 bits per heavy atom. The van der Waals surface area contributed by atoms with E-state index < -0.39 is 0 Å². The van der Waals surface area contributed by atoms with Gasteiger partial charge in [0.1, 0.15) is 11.8 Å². The fourth-order valence-electron chi connectivity index (χ4n) is 6.51. The second kappa shape index (κ2) is 9.49. The number of halogens is 1. The first-order valence-corrected chi connectivity index (χ1v) is 13.5. The molecule has 2 fully saturated rings. The second-order valence-electron chi connectivity index (χ2n) is 10.5.